The van der Waals surface area contributed by atoms with Gasteiger partial charge in [0.05, 0.1) is 12.1 Å². The van der Waals surface area contributed by atoms with E-state index in [4.69, 9.17) is 5.73 Å². The Bertz CT molecular complexity index is 502. The molecule has 2 rings (SSSR count). The van der Waals surface area contributed by atoms with Gasteiger partial charge in [0.25, 0.3) is 0 Å². The van der Waals surface area contributed by atoms with Gasteiger partial charge in [-0.3, -0.25) is 4.68 Å². The summed E-state index contributed by atoms with van der Waals surface area (Å²) in [7, 11) is 1.91. The molecular formula is C12H17N3O. The van der Waals surface area contributed by atoms with E-state index in [-0.39, 0.29) is 6.61 Å². The number of rotatable bonds is 3. The second-order valence-corrected chi connectivity index (χ2v) is 4.58. The molecule has 4 heteroatoms. The molecule has 16 heavy (non-hydrogen) atoms. The highest BCUT2D eigenvalue weighted by Crippen LogP contribution is 2.20. The largest absolute Gasteiger partial charge is 0.394 e. The Hall–Kier alpha value is -1.39. The van der Waals surface area contributed by atoms with Crippen molar-refractivity contribution in [2.75, 3.05) is 6.61 Å². The smallest absolute Gasteiger partial charge is 0.0926 e. The van der Waals surface area contributed by atoms with Crippen LogP contribution < -0.4 is 5.73 Å². The lowest BCUT2D eigenvalue weighted by atomic mass is 9.96. The molecule has 86 valence electrons. The number of nitrogens with zero attached hydrogens (tertiary/aromatic N) is 2. The predicted octanol–water partition coefficient (Wildman–Crippen LogP) is 0.825. The highest BCUT2D eigenvalue weighted by Gasteiger charge is 2.21. The molecule has 0 spiro atoms. The average molecular weight is 219 g/mol. The van der Waals surface area contributed by atoms with Crippen molar-refractivity contribution in [3.8, 4) is 0 Å². The number of fused-ring (bicyclic) bond motifs is 1. The number of aliphatic hydroxyl groups excluding tert-OH is 1. The molecule has 1 unspecified atom stereocenters. The van der Waals surface area contributed by atoms with Crippen molar-refractivity contribution < 1.29 is 5.11 Å². The van der Waals surface area contributed by atoms with Gasteiger partial charge < -0.3 is 10.8 Å². The molecule has 0 aliphatic carbocycles. The van der Waals surface area contributed by atoms with Crippen molar-refractivity contribution in [1.82, 2.24) is 9.78 Å². The lowest BCUT2D eigenvalue weighted by molar-refractivity contribution is 0.206. The van der Waals surface area contributed by atoms with Crippen LogP contribution in [0.5, 0.6) is 0 Å². The van der Waals surface area contributed by atoms with Crippen molar-refractivity contribution in [2.45, 2.75) is 18.9 Å². The van der Waals surface area contributed by atoms with Gasteiger partial charge in [-0.15, -0.1) is 0 Å². The van der Waals surface area contributed by atoms with Crippen LogP contribution >= 0.6 is 0 Å². The third kappa shape index (κ3) is 1.94. The fourth-order valence-electron chi connectivity index (χ4n) is 1.85. The first-order valence-electron chi connectivity index (χ1n) is 5.34. The van der Waals surface area contributed by atoms with Gasteiger partial charge in [-0.2, -0.15) is 5.10 Å². The summed E-state index contributed by atoms with van der Waals surface area (Å²) in [6.07, 6.45) is 0.612. The Balaban J connectivity index is 2.47. The zero-order chi connectivity index (χ0) is 11.8. The third-order valence-corrected chi connectivity index (χ3v) is 2.80. The van der Waals surface area contributed by atoms with Crippen LogP contribution in [-0.2, 0) is 13.5 Å². The summed E-state index contributed by atoms with van der Waals surface area (Å²) < 4.78 is 1.84. The van der Waals surface area contributed by atoms with Gasteiger partial charge in [0, 0.05) is 30.1 Å². The van der Waals surface area contributed by atoms with Crippen LogP contribution in [0, 0.1) is 0 Å². The normalized spacial score (nSPS) is 15.2. The molecule has 0 radical (unpaired) electrons. The Morgan fingerprint density at radius 2 is 2.12 bits per heavy atom. The van der Waals surface area contributed by atoms with Crippen molar-refractivity contribution in [3.05, 3.63) is 30.0 Å². The summed E-state index contributed by atoms with van der Waals surface area (Å²) in [6.45, 7) is 1.81. The Labute approximate surface area is 94.7 Å². The third-order valence-electron chi connectivity index (χ3n) is 2.80. The maximum Gasteiger partial charge on any atom is 0.0926 e. The molecule has 1 atom stereocenters. The van der Waals surface area contributed by atoms with Crippen molar-refractivity contribution in [1.29, 1.82) is 0 Å². The number of aryl methyl sites for hydroxylation is 1. The first kappa shape index (κ1) is 11.1. The standard InChI is InChI=1S/C12H17N3O/c1-12(13,8-16)7-11-9-5-3-4-6-10(9)14-15(11)2/h3-6,16H,7-8,13H2,1-2H3. The summed E-state index contributed by atoms with van der Waals surface area (Å²) in [4.78, 5) is 0. The van der Waals surface area contributed by atoms with Crippen LogP contribution in [0.15, 0.2) is 24.3 Å². The van der Waals surface area contributed by atoms with Crippen LogP contribution in [-0.4, -0.2) is 27.0 Å². The fraction of sp³-hybridized carbons (Fsp3) is 0.417. The Kier molecular flexibility index (Phi) is 2.69. The van der Waals surface area contributed by atoms with E-state index >= 15 is 0 Å². The van der Waals surface area contributed by atoms with E-state index in [0.29, 0.717) is 6.42 Å². The molecule has 0 aliphatic heterocycles. The molecule has 1 aromatic carbocycles. The van der Waals surface area contributed by atoms with Crippen molar-refractivity contribution in [3.63, 3.8) is 0 Å². The number of hydrogen-bond acceptors (Lipinski definition) is 3. The number of hydrogen-bond donors (Lipinski definition) is 2. The molecule has 2 aromatic rings. The molecule has 3 N–H and O–H groups in total. The topological polar surface area (TPSA) is 64.1 Å². The minimum absolute atomic E-state index is 0.0352. The monoisotopic (exact) mass is 219 g/mol. The molecular weight excluding hydrogens is 202 g/mol. The first-order chi connectivity index (χ1) is 7.53. The van der Waals surface area contributed by atoms with Gasteiger partial charge in [-0.1, -0.05) is 18.2 Å². The molecule has 0 aliphatic rings. The Morgan fingerprint density at radius 1 is 1.44 bits per heavy atom. The SMILES string of the molecule is Cn1nc2ccccc2c1CC(C)(N)CO. The molecule has 1 aromatic heterocycles. The molecule has 1 heterocycles. The lowest BCUT2D eigenvalue weighted by Crippen LogP contribution is -2.42. The summed E-state index contributed by atoms with van der Waals surface area (Å²) >= 11 is 0. The highest BCUT2D eigenvalue weighted by molar-refractivity contribution is 5.81. The fourth-order valence-corrected chi connectivity index (χ4v) is 1.85. The van der Waals surface area contributed by atoms with Crippen LogP contribution in [0.2, 0.25) is 0 Å². The van der Waals surface area contributed by atoms with Gasteiger partial charge in [0.1, 0.15) is 0 Å². The minimum atomic E-state index is -0.601. The molecule has 0 saturated carbocycles. The van der Waals surface area contributed by atoms with Crippen LogP contribution in [0.4, 0.5) is 0 Å². The van der Waals surface area contributed by atoms with E-state index in [9.17, 15) is 5.11 Å². The molecule has 0 saturated heterocycles. The van der Waals surface area contributed by atoms with E-state index in [1.165, 1.54) is 0 Å². The summed E-state index contributed by atoms with van der Waals surface area (Å²) in [5.74, 6) is 0. The van der Waals surface area contributed by atoms with E-state index in [0.717, 1.165) is 16.6 Å². The van der Waals surface area contributed by atoms with E-state index in [1.807, 2.05) is 42.9 Å². The number of aliphatic hydroxyl groups is 1. The van der Waals surface area contributed by atoms with Gasteiger partial charge in [-0.25, -0.2) is 0 Å². The number of nitrogens with two attached hydrogens (primary N) is 1. The van der Waals surface area contributed by atoms with Crippen LogP contribution in [0.25, 0.3) is 10.9 Å². The highest BCUT2D eigenvalue weighted by atomic mass is 16.3. The Morgan fingerprint density at radius 3 is 2.81 bits per heavy atom. The van der Waals surface area contributed by atoms with Crippen molar-refractivity contribution in [2.24, 2.45) is 12.8 Å². The zero-order valence-corrected chi connectivity index (χ0v) is 9.64. The molecule has 0 bridgehead atoms. The van der Waals surface area contributed by atoms with Crippen molar-refractivity contribution >= 4 is 10.9 Å². The predicted molar refractivity (Wildman–Crippen MR) is 64.1 cm³/mol. The van der Waals surface area contributed by atoms with E-state index in [1.54, 1.807) is 0 Å². The quantitative estimate of drug-likeness (QED) is 0.803. The lowest BCUT2D eigenvalue weighted by Gasteiger charge is -2.21. The second-order valence-electron chi connectivity index (χ2n) is 4.58. The summed E-state index contributed by atoms with van der Waals surface area (Å²) in [5.41, 5.74) is 7.41. The van der Waals surface area contributed by atoms with Gasteiger partial charge in [-0.05, 0) is 13.0 Å². The van der Waals surface area contributed by atoms with Gasteiger partial charge in [0.15, 0.2) is 0 Å². The number of aromatic nitrogens is 2. The van der Waals surface area contributed by atoms with Crippen LogP contribution in [0.3, 0.4) is 0 Å². The summed E-state index contributed by atoms with van der Waals surface area (Å²) in [5, 5.41) is 14.7. The van der Waals surface area contributed by atoms with E-state index in [2.05, 4.69) is 5.10 Å². The van der Waals surface area contributed by atoms with Gasteiger partial charge in [0.2, 0.25) is 0 Å². The van der Waals surface area contributed by atoms with Gasteiger partial charge >= 0.3 is 0 Å². The number of benzene rings is 1. The van der Waals surface area contributed by atoms with Crippen LogP contribution in [0.1, 0.15) is 12.6 Å². The minimum Gasteiger partial charge on any atom is -0.394 e. The average Bonchev–Trinajstić information content (AvgIpc) is 2.56. The second kappa shape index (κ2) is 3.88. The molecule has 0 fully saturated rings. The maximum atomic E-state index is 9.20. The maximum absolute atomic E-state index is 9.20. The molecule has 4 nitrogen and oxygen atoms in total. The first-order valence-corrected chi connectivity index (χ1v) is 5.34. The molecule has 0 amide bonds. The summed E-state index contributed by atoms with van der Waals surface area (Å²) in [6, 6.07) is 7.96. The zero-order valence-electron chi connectivity index (χ0n) is 9.64. The van der Waals surface area contributed by atoms with E-state index < -0.39 is 5.54 Å².